The Labute approximate surface area is 177 Å². The molecule has 9 heteroatoms. The van der Waals surface area contributed by atoms with Crippen LogP contribution in [-0.2, 0) is 19.6 Å². The lowest BCUT2D eigenvalue weighted by molar-refractivity contribution is -0.135. The third kappa shape index (κ3) is 3.80. The maximum atomic E-state index is 13.3. The lowest BCUT2D eigenvalue weighted by atomic mass is 9.97. The summed E-state index contributed by atoms with van der Waals surface area (Å²) in [4.78, 5) is 26.8. The normalized spacial score (nSPS) is 23.1. The number of anilines is 1. The second-order valence-electron chi connectivity index (χ2n) is 8.33. The van der Waals surface area contributed by atoms with E-state index in [-0.39, 0.29) is 22.6 Å². The largest absolute Gasteiger partial charge is 0.478 e. The van der Waals surface area contributed by atoms with Crippen molar-refractivity contribution in [1.82, 2.24) is 9.21 Å². The van der Waals surface area contributed by atoms with Gasteiger partial charge < -0.3 is 15.0 Å². The number of benzene rings is 1. The van der Waals surface area contributed by atoms with Crippen LogP contribution in [0.25, 0.3) is 0 Å². The van der Waals surface area contributed by atoms with Gasteiger partial charge in [-0.25, -0.2) is 8.42 Å². The molecule has 1 aromatic carbocycles. The van der Waals surface area contributed by atoms with Crippen molar-refractivity contribution in [3.8, 4) is 5.75 Å². The first-order valence-electron chi connectivity index (χ1n) is 10.7. The molecule has 3 heterocycles. The number of likely N-dealkylation sites (tertiary alicyclic amines) is 1. The maximum absolute atomic E-state index is 13.3. The molecule has 0 aliphatic carbocycles. The summed E-state index contributed by atoms with van der Waals surface area (Å²) >= 11 is 0. The van der Waals surface area contributed by atoms with Crippen molar-refractivity contribution >= 4 is 27.5 Å². The summed E-state index contributed by atoms with van der Waals surface area (Å²) in [5, 5.41) is 2.79. The van der Waals surface area contributed by atoms with Gasteiger partial charge in [-0.05, 0) is 50.7 Å². The molecular weight excluding hydrogens is 406 g/mol. The molecule has 0 unspecified atom stereocenters. The Morgan fingerprint density at radius 1 is 1.17 bits per heavy atom. The number of sulfonamides is 1. The molecule has 164 valence electrons. The second kappa shape index (κ2) is 8.19. The molecule has 2 fully saturated rings. The van der Waals surface area contributed by atoms with Gasteiger partial charge in [-0.15, -0.1) is 0 Å². The molecule has 0 bridgehead atoms. The van der Waals surface area contributed by atoms with Gasteiger partial charge in [0.05, 0.1) is 10.6 Å². The van der Waals surface area contributed by atoms with Crippen LogP contribution in [0, 0.1) is 12.8 Å². The smallest absolute Gasteiger partial charge is 0.265 e. The van der Waals surface area contributed by atoms with Crippen molar-refractivity contribution in [2.45, 2.75) is 57.0 Å². The average Bonchev–Trinajstić information content (AvgIpc) is 3.27. The first-order valence-corrected chi connectivity index (χ1v) is 12.2. The molecule has 0 radical (unpaired) electrons. The van der Waals surface area contributed by atoms with Crippen LogP contribution < -0.4 is 10.1 Å². The Balaban J connectivity index is 1.50. The minimum atomic E-state index is -3.72. The fourth-order valence-corrected chi connectivity index (χ4v) is 6.20. The Morgan fingerprint density at radius 3 is 2.47 bits per heavy atom. The molecule has 1 aromatic rings. The van der Waals surface area contributed by atoms with E-state index < -0.39 is 16.1 Å². The first kappa shape index (κ1) is 21.1. The zero-order valence-corrected chi connectivity index (χ0v) is 18.3. The maximum Gasteiger partial charge on any atom is 0.265 e. The van der Waals surface area contributed by atoms with Crippen LogP contribution in [0.15, 0.2) is 17.0 Å². The van der Waals surface area contributed by atoms with Crippen LogP contribution in [0.4, 0.5) is 5.69 Å². The first-order chi connectivity index (χ1) is 14.3. The third-order valence-electron chi connectivity index (χ3n) is 6.31. The number of fused-ring (bicyclic) bond motifs is 1. The highest BCUT2D eigenvalue weighted by atomic mass is 32.2. The van der Waals surface area contributed by atoms with Crippen molar-refractivity contribution in [2.75, 3.05) is 31.5 Å². The Hall–Kier alpha value is -2.13. The summed E-state index contributed by atoms with van der Waals surface area (Å²) in [6.45, 7) is 5.86. The number of amides is 2. The number of carbonyl (C=O) groups excluding carboxylic acids is 2. The molecule has 0 saturated carbocycles. The molecule has 3 aliphatic heterocycles. The van der Waals surface area contributed by atoms with Gasteiger partial charge in [0, 0.05) is 38.2 Å². The molecule has 0 aromatic heterocycles. The minimum absolute atomic E-state index is 0.0944. The highest BCUT2D eigenvalue weighted by Crippen LogP contribution is 2.36. The van der Waals surface area contributed by atoms with Crippen molar-refractivity contribution in [2.24, 2.45) is 5.92 Å². The van der Waals surface area contributed by atoms with Gasteiger partial charge in [-0.2, -0.15) is 4.31 Å². The zero-order chi connectivity index (χ0) is 21.5. The summed E-state index contributed by atoms with van der Waals surface area (Å²) < 4.78 is 33.9. The molecule has 1 N–H and O–H groups in total. The number of nitrogens with one attached hydrogen (secondary N) is 1. The summed E-state index contributed by atoms with van der Waals surface area (Å²) in [6.07, 6.45) is 3.07. The van der Waals surface area contributed by atoms with Gasteiger partial charge in [0.15, 0.2) is 6.10 Å². The number of hydrogen-bond acceptors (Lipinski definition) is 5. The van der Waals surface area contributed by atoms with Crippen molar-refractivity contribution in [3.05, 3.63) is 17.7 Å². The Kier molecular flexibility index (Phi) is 5.76. The Bertz CT molecular complexity index is 948. The molecule has 3 aliphatic rings. The molecule has 4 rings (SSSR count). The predicted octanol–water partition coefficient (Wildman–Crippen LogP) is 2.13. The summed E-state index contributed by atoms with van der Waals surface area (Å²) in [6, 6.07) is 3.17. The lowest BCUT2D eigenvalue weighted by Gasteiger charge is -2.33. The van der Waals surface area contributed by atoms with E-state index in [2.05, 4.69) is 5.32 Å². The van der Waals surface area contributed by atoms with Gasteiger partial charge in [0.25, 0.3) is 5.91 Å². The van der Waals surface area contributed by atoms with Crippen LogP contribution in [0.1, 0.15) is 44.6 Å². The third-order valence-corrected chi connectivity index (χ3v) is 8.35. The molecular formula is C21H29N3O5S. The monoisotopic (exact) mass is 435 g/mol. The van der Waals surface area contributed by atoms with Gasteiger partial charge >= 0.3 is 0 Å². The molecule has 0 spiro atoms. The molecule has 30 heavy (non-hydrogen) atoms. The fraction of sp³-hybridized carbons (Fsp3) is 0.619. The molecule has 8 nitrogen and oxygen atoms in total. The van der Waals surface area contributed by atoms with Crippen LogP contribution in [0.2, 0.25) is 0 Å². The van der Waals surface area contributed by atoms with Crippen molar-refractivity contribution in [1.29, 1.82) is 0 Å². The number of nitrogens with zero attached hydrogens (tertiary/aromatic N) is 2. The molecule has 2 saturated heterocycles. The average molecular weight is 436 g/mol. The van der Waals surface area contributed by atoms with E-state index in [1.165, 1.54) is 10.4 Å². The topological polar surface area (TPSA) is 96.0 Å². The number of carbonyl (C=O) groups is 2. The van der Waals surface area contributed by atoms with E-state index in [0.717, 1.165) is 25.9 Å². The predicted molar refractivity (Wildman–Crippen MR) is 112 cm³/mol. The van der Waals surface area contributed by atoms with Gasteiger partial charge in [-0.3, -0.25) is 9.59 Å². The van der Waals surface area contributed by atoms with Crippen LogP contribution in [0.5, 0.6) is 5.75 Å². The van der Waals surface area contributed by atoms with Gasteiger partial charge in [0.1, 0.15) is 5.75 Å². The van der Waals surface area contributed by atoms with Crippen LogP contribution in [0.3, 0.4) is 0 Å². The summed E-state index contributed by atoms with van der Waals surface area (Å²) in [5.41, 5.74) is 1.05. The quantitative estimate of drug-likeness (QED) is 0.782. The fourth-order valence-electron chi connectivity index (χ4n) is 4.51. The highest BCUT2D eigenvalue weighted by Gasteiger charge is 2.36. The number of piperidine rings is 1. The minimum Gasteiger partial charge on any atom is -0.478 e. The lowest BCUT2D eigenvalue weighted by Crippen LogP contribution is -2.44. The van der Waals surface area contributed by atoms with E-state index in [9.17, 15) is 18.0 Å². The van der Waals surface area contributed by atoms with Crippen LogP contribution >= 0.6 is 0 Å². The van der Waals surface area contributed by atoms with E-state index in [0.29, 0.717) is 49.4 Å². The van der Waals surface area contributed by atoms with Gasteiger partial charge in [-0.1, -0.05) is 6.92 Å². The molecule has 1 atom stereocenters. The summed E-state index contributed by atoms with van der Waals surface area (Å²) in [5.74, 6) is 0.238. The van der Waals surface area contributed by atoms with E-state index in [4.69, 9.17) is 4.74 Å². The number of aryl methyl sites for hydroxylation is 1. The number of ether oxygens (including phenoxy) is 1. The van der Waals surface area contributed by atoms with E-state index >= 15 is 0 Å². The number of hydrogen-bond donors (Lipinski definition) is 1. The Morgan fingerprint density at radius 2 is 1.83 bits per heavy atom. The second-order valence-corrected chi connectivity index (χ2v) is 10.2. The van der Waals surface area contributed by atoms with E-state index in [1.807, 2.05) is 11.8 Å². The summed E-state index contributed by atoms with van der Waals surface area (Å²) in [7, 11) is -3.72. The SMILES string of the molecule is CC[C@@H]1Oc2cc(S(=O)(=O)N3CCC(C(=O)N4CCCC4)CC3)c(C)cc2NC1=O. The standard InChI is InChI=1S/C21H29N3O5S/c1-3-17-20(25)22-16-12-14(2)19(13-18(16)29-17)30(27,28)24-10-6-15(7-11-24)21(26)23-8-4-5-9-23/h12-13,15,17H,3-11H2,1-2H3,(H,22,25)/t17-/m0/s1. The molecule has 2 amide bonds. The van der Waals surface area contributed by atoms with E-state index in [1.54, 1.807) is 13.0 Å². The van der Waals surface area contributed by atoms with Crippen molar-refractivity contribution in [3.63, 3.8) is 0 Å². The van der Waals surface area contributed by atoms with Crippen LogP contribution in [-0.4, -0.2) is 61.7 Å². The van der Waals surface area contributed by atoms with Gasteiger partial charge in [0.2, 0.25) is 15.9 Å². The number of rotatable bonds is 4. The van der Waals surface area contributed by atoms with Crippen molar-refractivity contribution < 1.29 is 22.7 Å². The zero-order valence-electron chi connectivity index (χ0n) is 17.5. The highest BCUT2D eigenvalue weighted by molar-refractivity contribution is 7.89.